The van der Waals surface area contributed by atoms with Crippen molar-refractivity contribution in [1.29, 1.82) is 0 Å². The van der Waals surface area contributed by atoms with Gasteiger partial charge in [0.25, 0.3) is 0 Å². The number of pyridine rings is 1. The Labute approximate surface area is 170 Å². The summed E-state index contributed by atoms with van der Waals surface area (Å²) >= 11 is 0. The first-order valence-corrected chi connectivity index (χ1v) is 11.7. The van der Waals surface area contributed by atoms with Crippen LogP contribution in [0.1, 0.15) is 37.8 Å². The smallest absolute Gasteiger partial charge is 0.286 e. The van der Waals surface area contributed by atoms with E-state index in [4.69, 9.17) is 0 Å². The van der Waals surface area contributed by atoms with Crippen molar-refractivity contribution in [3.05, 3.63) is 64.7 Å². The highest BCUT2D eigenvalue weighted by Crippen LogP contribution is 2.26. The minimum absolute atomic E-state index is 0.137. The third-order valence-electron chi connectivity index (χ3n) is 5.49. The summed E-state index contributed by atoms with van der Waals surface area (Å²) in [5.74, 6) is 0.142. The lowest BCUT2D eigenvalue weighted by Crippen LogP contribution is -2.43. The molecule has 2 aromatic heterocycles. The van der Waals surface area contributed by atoms with Gasteiger partial charge in [-0.15, -0.1) is 0 Å². The van der Waals surface area contributed by atoms with Crippen LogP contribution in [-0.4, -0.2) is 45.7 Å². The Kier molecular flexibility index (Phi) is 5.56. The second-order valence-electron chi connectivity index (χ2n) is 7.54. The number of aromatic nitrogens is 3. The van der Waals surface area contributed by atoms with Gasteiger partial charge in [0.2, 0.25) is 10.0 Å². The molecule has 1 fully saturated rings. The zero-order valence-corrected chi connectivity index (χ0v) is 17.4. The van der Waals surface area contributed by atoms with Crippen molar-refractivity contribution in [2.24, 2.45) is 0 Å². The van der Waals surface area contributed by atoms with Crippen LogP contribution in [0.5, 0.6) is 0 Å². The van der Waals surface area contributed by atoms with Crippen LogP contribution in [-0.2, 0) is 16.6 Å². The summed E-state index contributed by atoms with van der Waals surface area (Å²) < 4.78 is 30.1. The zero-order valence-electron chi connectivity index (χ0n) is 16.6. The van der Waals surface area contributed by atoms with Gasteiger partial charge in [0.05, 0.1) is 23.9 Å². The van der Waals surface area contributed by atoms with Gasteiger partial charge in [-0.2, -0.15) is 4.31 Å². The summed E-state index contributed by atoms with van der Waals surface area (Å²) in [5.41, 5.74) is 2.29. The highest BCUT2D eigenvalue weighted by molar-refractivity contribution is 7.89. The first-order chi connectivity index (χ1) is 14.0. The quantitative estimate of drug-likeness (QED) is 0.621. The van der Waals surface area contributed by atoms with Crippen molar-refractivity contribution in [2.45, 2.75) is 38.8 Å². The summed E-state index contributed by atoms with van der Waals surface area (Å²) in [6.07, 6.45) is 3.76. The lowest BCUT2D eigenvalue weighted by Gasteiger charge is -2.32. The van der Waals surface area contributed by atoms with Gasteiger partial charge in [-0.25, -0.2) is 18.2 Å². The Morgan fingerprint density at radius 2 is 1.93 bits per heavy atom. The molecule has 3 heterocycles. The SMILES string of the molecule is CCCS(=O)(=O)N1CCC[C@H](n2c(=O)n(Cc3ccccc3)c3cccnc32)C1. The molecule has 0 aliphatic carbocycles. The fraction of sp³-hybridized carbons (Fsp3) is 0.429. The molecule has 0 radical (unpaired) electrons. The molecule has 1 saturated heterocycles. The minimum atomic E-state index is -3.29. The van der Waals surface area contributed by atoms with Crippen molar-refractivity contribution < 1.29 is 8.42 Å². The van der Waals surface area contributed by atoms with Gasteiger partial charge in [0.15, 0.2) is 5.65 Å². The molecule has 154 valence electrons. The summed E-state index contributed by atoms with van der Waals surface area (Å²) in [6.45, 7) is 3.16. The number of imidazole rings is 1. The maximum atomic E-state index is 13.4. The van der Waals surface area contributed by atoms with Crippen LogP contribution in [0, 0.1) is 0 Å². The van der Waals surface area contributed by atoms with Crippen molar-refractivity contribution in [3.8, 4) is 0 Å². The summed E-state index contributed by atoms with van der Waals surface area (Å²) in [4.78, 5) is 17.9. The van der Waals surface area contributed by atoms with Crippen LogP contribution in [0.15, 0.2) is 53.5 Å². The van der Waals surface area contributed by atoms with E-state index in [-0.39, 0.29) is 17.5 Å². The number of sulfonamides is 1. The first-order valence-electron chi connectivity index (χ1n) is 10.1. The third-order valence-corrected chi connectivity index (χ3v) is 7.53. The number of hydrogen-bond acceptors (Lipinski definition) is 4. The summed E-state index contributed by atoms with van der Waals surface area (Å²) in [7, 11) is -3.29. The molecule has 29 heavy (non-hydrogen) atoms. The molecule has 1 aliphatic heterocycles. The van der Waals surface area contributed by atoms with E-state index in [0.717, 1.165) is 23.9 Å². The maximum absolute atomic E-state index is 13.4. The number of nitrogens with zero attached hydrogens (tertiary/aromatic N) is 4. The first kappa shape index (κ1) is 19.8. The summed E-state index contributed by atoms with van der Waals surface area (Å²) in [6, 6.07) is 13.4. The molecule has 0 saturated carbocycles. The number of piperidine rings is 1. The maximum Gasteiger partial charge on any atom is 0.330 e. The van der Waals surface area contributed by atoms with E-state index in [9.17, 15) is 13.2 Å². The molecule has 0 bridgehead atoms. The third kappa shape index (κ3) is 3.86. The Morgan fingerprint density at radius 3 is 2.69 bits per heavy atom. The highest BCUT2D eigenvalue weighted by Gasteiger charge is 2.31. The number of benzene rings is 1. The van der Waals surface area contributed by atoms with Crippen molar-refractivity contribution >= 4 is 21.2 Å². The average molecular weight is 415 g/mol. The predicted molar refractivity (Wildman–Crippen MR) is 113 cm³/mol. The van der Waals surface area contributed by atoms with Gasteiger partial charge in [-0.05, 0) is 37.0 Å². The lowest BCUT2D eigenvalue weighted by atomic mass is 10.1. The number of rotatable bonds is 6. The average Bonchev–Trinajstić information content (AvgIpc) is 3.00. The molecule has 0 spiro atoms. The minimum Gasteiger partial charge on any atom is -0.286 e. The Hall–Kier alpha value is -2.45. The Balaban J connectivity index is 1.74. The van der Waals surface area contributed by atoms with Crippen LogP contribution < -0.4 is 5.69 Å². The molecule has 4 rings (SSSR count). The molecule has 8 heteroatoms. The fourth-order valence-corrected chi connectivity index (χ4v) is 5.71. The molecule has 0 unspecified atom stereocenters. The van der Waals surface area contributed by atoms with Crippen molar-refractivity contribution in [3.63, 3.8) is 0 Å². The largest absolute Gasteiger partial charge is 0.330 e. The van der Waals surface area contributed by atoms with E-state index in [1.54, 1.807) is 19.6 Å². The van der Waals surface area contributed by atoms with Crippen LogP contribution in [0.25, 0.3) is 11.2 Å². The molecular weight excluding hydrogens is 388 g/mol. The summed E-state index contributed by atoms with van der Waals surface area (Å²) in [5, 5.41) is 0. The standard InChI is InChI=1S/C21H26N4O3S/c1-2-14-29(27,28)23-13-7-10-18(16-23)25-20-19(11-6-12-22-20)24(21(25)26)15-17-8-4-3-5-9-17/h3-6,8-9,11-12,18H,2,7,10,13-16H2,1H3/t18-/m0/s1. The predicted octanol–water partition coefficient (Wildman–Crippen LogP) is 2.62. The van der Waals surface area contributed by atoms with Gasteiger partial charge in [0, 0.05) is 19.3 Å². The van der Waals surface area contributed by atoms with Gasteiger partial charge in [0.1, 0.15) is 0 Å². The highest BCUT2D eigenvalue weighted by atomic mass is 32.2. The second-order valence-corrected chi connectivity index (χ2v) is 9.63. The molecule has 3 aromatic rings. The van der Waals surface area contributed by atoms with Crippen LogP contribution in [0.3, 0.4) is 0 Å². The number of fused-ring (bicyclic) bond motifs is 1. The van der Waals surface area contributed by atoms with E-state index in [2.05, 4.69) is 4.98 Å². The van der Waals surface area contributed by atoms with Crippen LogP contribution >= 0.6 is 0 Å². The Bertz CT molecular complexity index is 1150. The normalized spacial score (nSPS) is 18.3. The van der Waals surface area contributed by atoms with Crippen molar-refractivity contribution in [1.82, 2.24) is 18.4 Å². The Morgan fingerprint density at radius 1 is 1.14 bits per heavy atom. The topological polar surface area (TPSA) is 77.2 Å². The van der Waals surface area contributed by atoms with Crippen LogP contribution in [0.2, 0.25) is 0 Å². The lowest BCUT2D eigenvalue weighted by molar-refractivity contribution is 0.265. The van der Waals surface area contributed by atoms with Gasteiger partial charge >= 0.3 is 5.69 Å². The fourth-order valence-electron chi connectivity index (χ4n) is 4.13. The second kappa shape index (κ2) is 8.12. The molecule has 1 aliphatic rings. The molecular formula is C21H26N4O3S. The number of hydrogen-bond donors (Lipinski definition) is 0. The van der Waals surface area contributed by atoms with E-state index < -0.39 is 10.0 Å². The van der Waals surface area contributed by atoms with Crippen LogP contribution in [0.4, 0.5) is 0 Å². The van der Waals surface area contributed by atoms with Gasteiger partial charge in [-0.3, -0.25) is 9.13 Å². The van der Waals surface area contributed by atoms with Gasteiger partial charge < -0.3 is 0 Å². The monoisotopic (exact) mass is 414 g/mol. The van der Waals surface area contributed by atoms with E-state index in [1.165, 1.54) is 0 Å². The molecule has 7 nitrogen and oxygen atoms in total. The van der Waals surface area contributed by atoms with E-state index in [1.807, 2.05) is 49.4 Å². The van der Waals surface area contributed by atoms with Gasteiger partial charge in [-0.1, -0.05) is 37.3 Å². The molecule has 1 atom stereocenters. The molecule has 1 aromatic carbocycles. The van der Waals surface area contributed by atoms with E-state index >= 15 is 0 Å². The van der Waals surface area contributed by atoms with E-state index in [0.29, 0.717) is 31.7 Å². The zero-order chi connectivity index (χ0) is 20.4. The van der Waals surface area contributed by atoms with Crippen molar-refractivity contribution in [2.75, 3.05) is 18.8 Å². The molecule has 0 amide bonds. The molecule has 0 N–H and O–H groups in total.